The Hall–Kier alpha value is -2.55. The van der Waals surface area contributed by atoms with E-state index in [9.17, 15) is 20.4 Å². The fraction of sp³-hybridized carbons (Fsp3) is 0.348. The minimum absolute atomic E-state index is 0.441. The Labute approximate surface area is 174 Å². The molecule has 1 aromatic heterocycles. The summed E-state index contributed by atoms with van der Waals surface area (Å²) < 4.78 is 5.70. The van der Waals surface area contributed by atoms with Gasteiger partial charge in [0.2, 0.25) is 0 Å². The Kier molecular flexibility index (Phi) is 5.99. The minimum atomic E-state index is -1.39. The van der Waals surface area contributed by atoms with Crippen LogP contribution in [0.3, 0.4) is 0 Å². The van der Waals surface area contributed by atoms with E-state index in [1.807, 2.05) is 31.3 Å². The average molecular weight is 410 g/mol. The summed E-state index contributed by atoms with van der Waals surface area (Å²) >= 11 is 0. The number of ether oxygens (including phenoxy) is 1. The molecule has 5 atom stereocenters. The third-order valence-electron chi connectivity index (χ3n) is 5.77. The number of H-pyrrole nitrogens is 1. The molecule has 7 heteroatoms. The van der Waals surface area contributed by atoms with Crippen molar-refractivity contribution < 1.29 is 25.2 Å². The Bertz CT molecular complexity index is 972. The molecule has 7 nitrogen and oxygen atoms in total. The summed E-state index contributed by atoms with van der Waals surface area (Å²) in [4.78, 5) is 0. The molecular weight excluding hydrogens is 384 g/mol. The van der Waals surface area contributed by atoms with Gasteiger partial charge >= 0.3 is 0 Å². The van der Waals surface area contributed by atoms with Gasteiger partial charge < -0.3 is 25.2 Å². The summed E-state index contributed by atoms with van der Waals surface area (Å²) in [5, 5.41) is 46.7. The van der Waals surface area contributed by atoms with Crippen LogP contribution < -0.4 is 0 Å². The molecule has 0 saturated carbocycles. The van der Waals surface area contributed by atoms with Crippen molar-refractivity contribution in [1.29, 1.82) is 0 Å². The molecule has 30 heavy (non-hydrogen) atoms. The maximum atomic E-state index is 10.4. The second-order valence-electron chi connectivity index (χ2n) is 7.80. The largest absolute Gasteiger partial charge is 0.394 e. The maximum absolute atomic E-state index is 10.4. The average Bonchev–Trinajstić information content (AvgIpc) is 3.30. The number of aromatic amines is 1. The lowest BCUT2D eigenvalue weighted by atomic mass is 9.89. The van der Waals surface area contributed by atoms with Crippen LogP contribution in [0.25, 0.3) is 11.1 Å². The van der Waals surface area contributed by atoms with E-state index in [0.717, 1.165) is 27.8 Å². The molecule has 0 aliphatic carbocycles. The predicted octanol–water partition coefficient (Wildman–Crippen LogP) is 1.49. The van der Waals surface area contributed by atoms with Crippen molar-refractivity contribution in [3.63, 3.8) is 0 Å². The third-order valence-corrected chi connectivity index (χ3v) is 5.77. The summed E-state index contributed by atoms with van der Waals surface area (Å²) in [7, 11) is 0. The molecule has 1 saturated heterocycles. The van der Waals surface area contributed by atoms with Crippen LogP contribution in [-0.4, -0.2) is 61.6 Å². The number of rotatable bonds is 5. The van der Waals surface area contributed by atoms with Gasteiger partial charge in [0.1, 0.15) is 30.5 Å². The van der Waals surface area contributed by atoms with Crippen molar-refractivity contribution >= 4 is 0 Å². The summed E-state index contributed by atoms with van der Waals surface area (Å²) in [5.41, 5.74) is 6.11. The third kappa shape index (κ3) is 4.03. The van der Waals surface area contributed by atoms with Crippen LogP contribution in [0.2, 0.25) is 0 Å². The van der Waals surface area contributed by atoms with Gasteiger partial charge in [-0.15, -0.1) is 0 Å². The monoisotopic (exact) mass is 410 g/mol. The highest BCUT2D eigenvalue weighted by Crippen LogP contribution is 2.33. The number of nitrogens with one attached hydrogen (secondary N) is 1. The molecule has 1 fully saturated rings. The van der Waals surface area contributed by atoms with Crippen molar-refractivity contribution in [2.75, 3.05) is 6.61 Å². The molecule has 4 rings (SSSR count). The molecule has 5 N–H and O–H groups in total. The van der Waals surface area contributed by atoms with Gasteiger partial charge in [-0.05, 0) is 41.2 Å². The number of nitrogens with zero attached hydrogens (tertiary/aromatic N) is 1. The van der Waals surface area contributed by atoms with E-state index in [1.165, 1.54) is 0 Å². The van der Waals surface area contributed by atoms with Gasteiger partial charge in [-0.1, -0.05) is 42.5 Å². The van der Waals surface area contributed by atoms with Crippen LogP contribution in [0, 0.1) is 6.92 Å². The number of hydrogen-bond acceptors (Lipinski definition) is 6. The normalized spacial score (nSPS) is 26.6. The van der Waals surface area contributed by atoms with Crippen molar-refractivity contribution in [2.24, 2.45) is 0 Å². The second-order valence-corrected chi connectivity index (χ2v) is 7.80. The molecule has 2 aromatic carbocycles. The van der Waals surface area contributed by atoms with Crippen molar-refractivity contribution in [3.05, 3.63) is 77.1 Å². The maximum Gasteiger partial charge on any atom is 0.113 e. The Morgan fingerprint density at radius 2 is 1.73 bits per heavy atom. The van der Waals surface area contributed by atoms with Crippen LogP contribution in [0.15, 0.2) is 54.9 Å². The summed E-state index contributed by atoms with van der Waals surface area (Å²) in [6, 6.07) is 14.0. The second kappa shape index (κ2) is 8.67. The molecule has 158 valence electrons. The zero-order chi connectivity index (χ0) is 21.3. The number of aliphatic hydroxyl groups is 4. The van der Waals surface area contributed by atoms with E-state index in [1.54, 1.807) is 6.20 Å². The van der Waals surface area contributed by atoms with Crippen molar-refractivity contribution in [1.82, 2.24) is 10.2 Å². The first-order chi connectivity index (χ1) is 14.5. The molecule has 0 spiro atoms. The zero-order valence-electron chi connectivity index (χ0n) is 16.6. The molecule has 2 heterocycles. The smallest absolute Gasteiger partial charge is 0.113 e. The quantitative estimate of drug-likeness (QED) is 0.435. The first-order valence-electron chi connectivity index (χ1n) is 9.96. The number of benzene rings is 2. The topological polar surface area (TPSA) is 119 Å². The minimum Gasteiger partial charge on any atom is -0.394 e. The van der Waals surface area contributed by atoms with Crippen LogP contribution in [0.1, 0.15) is 28.4 Å². The van der Waals surface area contributed by atoms with Gasteiger partial charge in [-0.2, -0.15) is 5.10 Å². The Morgan fingerprint density at radius 1 is 0.967 bits per heavy atom. The van der Waals surface area contributed by atoms with Crippen molar-refractivity contribution in [3.8, 4) is 11.1 Å². The Morgan fingerprint density at radius 3 is 2.40 bits per heavy atom. The van der Waals surface area contributed by atoms with Gasteiger partial charge in [-0.25, -0.2) is 0 Å². The highest BCUT2D eigenvalue weighted by Gasteiger charge is 2.43. The number of aryl methyl sites for hydroxylation is 1. The standard InChI is InChI=1S/C23H26N2O5/c1-13-2-5-16(23-22(29)21(28)20(27)19(12-26)30-23)9-17(13)8-14-3-6-15(7-4-14)18-10-24-25-11-18/h2-7,9-11,19-23,26-29H,8,12H2,1H3,(H,24,25)/t19-,20-,21+,22-,23+/m1/s1. The van der Waals surface area contributed by atoms with E-state index in [2.05, 4.69) is 34.5 Å². The molecule has 3 aromatic rings. The Balaban J connectivity index is 1.56. The molecular formula is C23H26N2O5. The van der Waals surface area contributed by atoms with Crippen LogP contribution in [0.4, 0.5) is 0 Å². The highest BCUT2D eigenvalue weighted by molar-refractivity contribution is 5.61. The first kappa shape index (κ1) is 20.7. The van der Waals surface area contributed by atoms with Crippen LogP contribution in [0.5, 0.6) is 0 Å². The summed E-state index contributed by atoms with van der Waals surface area (Å²) in [6.07, 6.45) is -1.46. The summed E-state index contributed by atoms with van der Waals surface area (Å²) in [5.74, 6) is 0. The fourth-order valence-corrected chi connectivity index (χ4v) is 3.88. The zero-order valence-corrected chi connectivity index (χ0v) is 16.6. The van der Waals surface area contributed by atoms with E-state index in [-0.39, 0.29) is 0 Å². The van der Waals surface area contributed by atoms with Gasteiger partial charge in [0.25, 0.3) is 0 Å². The molecule has 0 amide bonds. The van der Waals surface area contributed by atoms with Gasteiger partial charge in [0.05, 0.1) is 12.8 Å². The van der Waals surface area contributed by atoms with Gasteiger partial charge in [0.15, 0.2) is 0 Å². The van der Waals surface area contributed by atoms with E-state index < -0.39 is 37.1 Å². The van der Waals surface area contributed by atoms with Gasteiger partial charge in [0, 0.05) is 11.8 Å². The highest BCUT2D eigenvalue weighted by atomic mass is 16.5. The molecule has 1 aliphatic rings. The van der Waals surface area contributed by atoms with Crippen molar-refractivity contribution in [2.45, 2.75) is 43.9 Å². The molecule has 1 aliphatic heterocycles. The fourth-order valence-electron chi connectivity index (χ4n) is 3.88. The van der Waals surface area contributed by atoms with E-state index in [4.69, 9.17) is 4.74 Å². The molecule has 0 radical (unpaired) electrons. The number of aliphatic hydroxyl groups excluding tert-OH is 4. The lowest BCUT2D eigenvalue weighted by molar-refractivity contribution is -0.231. The lowest BCUT2D eigenvalue weighted by Gasteiger charge is -2.40. The van der Waals surface area contributed by atoms with Crippen LogP contribution >= 0.6 is 0 Å². The predicted molar refractivity (Wildman–Crippen MR) is 111 cm³/mol. The summed E-state index contributed by atoms with van der Waals surface area (Å²) in [6.45, 7) is 1.58. The SMILES string of the molecule is Cc1ccc([C@@H]2O[C@H](CO)[C@@H](O)[C@H](O)[C@H]2O)cc1Cc1ccc(-c2cn[nH]c2)cc1. The first-order valence-corrected chi connectivity index (χ1v) is 9.96. The number of hydrogen-bond donors (Lipinski definition) is 5. The van der Waals surface area contributed by atoms with Crippen LogP contribution in [-0.2, 0) is 11.2 Å². The number of aromatic nitrogens is 2. The molecule has 0 bridgehead atoms. The van der Waals surface area contributed by atoms with Gasteiger partial charge in [-0.3, -0.25) is 5.10 Å². The lowest BCUT2D eigenvalue weighted by Crippen LogP contribution is -2.55. The molecule has 0 unspecified atom stereocenters. The van der Waals surface area contributed by atoms with E-state index >= 15 is 0 Å². The van der Waals surface area contributed by atoms with E-state index in [0.29, 0.717) is 12.0 Å².